The summed E-state index contributed by atoms with van der Waals surface area (Å²) in [6.07, 6.45) is -0.650. The Morgan fingerprint density at radius 1 is 1.12 bits per heavy atom. The number of carbonyl (C=O) groups is 3. The second-order valence-corrected chi connectivity index (χ2v) is 11.1. The summed E-state index contributed by atoms with van der Waals surface area (Å²) in [5.74, 6) is -5.07. The van der Waals surface area contributed by atoms with Gasteiger partial charge in [0.05, 0.1) is 6.61 Å². The fourth-order valence-corrected chi connectivity index (χ4v) is 8.56. The van der Waals surface area contributed by atoms with Gasteiger partial charge in [0.1, 0.15) is 23.7 Å². The van der Waals surface area contributed by atoms with Crippen LogP contribution >= 0.6 is 0 Å². The van der Waals surface area contributed by atoms with E-state index in [0.29, 0.717) is 31.3 Å². The normalized spacial score (nSPS) is 50.4. The Morgan fingerprint density at radius 3 is 2.41 bits per heavy atom. The quantitative estimate of drug-likeness (QED) is 0.482. The molecule has 6 fully saturated rings. The summed E-state index contributed by atoms with van der Waals surface area (Å²) in [7, 11) is 0. The first-order chi connectivity index (χ1) is 14.9. The van der Waals surface area contributed by atoms with E-state index in [2.05, 4.69) is 6.58 Å². The average molecular weight is 449 g/mol. The molecule has 6 rings (SSSR count). The molecule has 0 aromatic heterocycles. The Balaban J connectivity index is 1.79. The van der Waals surface area contributed by atoms with E-state index in [1.54, 1.807) is 0 Å². The lowest BCUT2D eigenvalue weighted by atomic mass is 9.35. The van der Waals surface area contributed by atoms with Crippen LogP contribution in [0.2, 0.25) is 0 Å². The van der Waals surface area contributed by atoms with Crippen molar-refractivity contribution in [3.63, 3.8) is 0 Å². The van der Waals surface area contributed by atoms with Crippen molar-refractivity contribution in [2.24, 2.45) is 34.0 Å². The molecule has 0 aromatic carbocycles. The molecule has 0 amide bonds. The lowest BCUT2D eigenvalue weighted by Gasteiger charge is -2.74. The van der Waals surface area contributed by atoms with Crippen LogP contribution in [0.25, 0.3) is 0 Å². The molecule has 0 radical (unpaired) electrons. The van der Waals surface area contributed by atoms with E-state index in [1.807, 2.05) is 13.8 Å². The van der Waals surface area contributed by atoms with Gasteiger partial charge in [0.15, 0.2) is 5.78 Å². The van der Waals surface area contributed by atoms with Crippen LogP contribution in [0.1, 0.15) is 53.4 Å². The molecule has 6 aliphatic rings. The molecule has 2 saturated heterocycles. The van der Waals surface area contributed by atoms with Gasteiger partial charge in [-0.3, -0.25) is 14.4 Å². The van der Waals surface area contributed by atoms with Crippen LogP contribution in [-0.2, 0) is 28.6 Å². The summed E-state index contributed by atoms with van der Waals surface area (Å²) >= 11 is 0. The maximum absolute atomic E-state index is 13.9. The molecule has 0 aromatic rings. The average Bonchev–Trinajstić information content (AvgIpc) is 2.80. The van der Waals surface area contributed by atoms with E-state index in [0.717, 1.165) is 0 Å². The first kappa shape index (κ1) is 22.0. The van der Waals surface area contributed by atoms with Crippen molar-refractivity contribution < 1.29 is 38.8 Å². The third-order valence-corrected chi connectivity index (χ3v) is 9.42. The molecule has 4 bridgehead atoms. The number of aliphatic hydroxyl groups is 2. The molecule has 176 valence electrons. The highest BCUT2D eigenvalue weighted by molar-refractivity contribution is 6.05. The van der Waals surface area contributed by atoms with Crippen molar-refractivity contribution in [2.45, 2.75) is 77.5 Å². The monoisotopic (exact) mass is 448 g/mol. The number of ether oxygens (including phenoxy) is 3. The largest absolute Gasteiger partial charge is 0.462 e. The highest BCUT2D eigenvalue weighted by atomic mass is 16.7. The van der Waals surface area contributed by atoms with Crippen LogP contribution in [0.3, 0.4) is 0 Å². The van der Waals surface area contributed by atoms with Crippen LogP contribution in [-0.4, -0.2) is 58.6 Å². The van der Waals surface area contributed by atoms with Gasteiger partial charge in [-0.25, -0.2) is 0 Å². The summed E-state index contributed by atoms with van der Waals surface area (Å²) in [4.78, 5) is 38.1. The summed E-state index contributed by atoms with van der Waals surface area (Å²) < 4.78 is 17.6. The number of ketones is 1. The zero-order valence-electron chi connectivity index (χ0n) is 19.1. The van der Waals surface area contributed by atoms with Gasteiger partial charge >= 0.3 is 11.9 Å². The molecule has 2 N–H and O–H groups in total. The smallest absolute Gasteiger partial charge is 0.302 e. The van der Waals surface area contributed by atoms with Gasteiger partial charge in [-0.15, -0.1) is 0 Å². The number of Topliss-reactive ketones (excluding diaryl/α,β-unsaturated/α-hetero) is 1. The van der Waals surface area contributed by atoms with Crippen LogP contribution in [0.5, 0.6) is 0 Å². The molecule has 4 saturated carbocycles. The van der Waals surface area contributed by atoms with Crippen LogP contribution in [0.4, 0.5) is 0 Å². The summed E-state index contributed by atoms with van der Waals surface area (Å²) in [5.41, 5.74) is -2.69. The lowest BCUT2D eigenvalue weighted by molar-refractivity contribution is -0.457. The molecule has 8 nitrogen and oxygen atoms in total. The summed E-state index contributed by atoms with van der Waals surface area (Å²) in [6, 6.07) is 0. The molecule has 0 unspecified atom stereocenters. The van der Waals surface area contributed by atoms with E-state index in [-0.39, 0.29) is 6.61 Å². The number of fused-ring (bicyclic) bond motifs is 2. The van der Waals surface area contributed by atoms with Gasteiger partial charge in [-0.2, -0.15) is 0 Å². The first-order valence-corrected chi connectivity index (χ1v) is 11.5. The van der Waals surface area contributed by atoms with Gasteiger partial charge < -0.3 is 24.4 Å². The minimum absolute atomic E-state index is 0.0518. The molecule has 2 heterocycles. The number of hydrogen-bond donors (Lipinski definition) is 2. The molecule has 2 aliphatic heterocycles. The predicted molar refractivity (Wildman–Crippen MR) is 110 cm³/mol. The SMILES string of the molecule is C=C1C(=O)[C@]23[C@H](OC(C)=O)[C@H]1CC[C@H]2[C@@]12CO[C@]3(O)[C@@H](O)[C@@H]1C(C)(C)CC[C@@H]2OC(C)=O. The number of esters is 2. The standard InChI is InChI=1S/C24H32O8/c1-11-14-6-7-15-22-10-30-24(29,23(15,18(11)27)20(14)32-13(3)26)19(28)17(22)21(4,5)9-8-16(22)31-12(2)25/h14-17,19-20,28-29H,1,6-10H2,2-5H3/t14-,15-,16-,17+,19-,20+,22+,23-,24+/m0/s1. The molecular formula is C24H32O8. The van der Waals surface area contributed by atoms with Crippen LogP contribution in [0.15, 0.2) is 12.2 Å². The topological polar surface area (TPSA) is 119 Å². The second-order valence-electron chi connectivity index (χ2n) is 11.1. The van der Waals surface area contributed by atoms with Crippen molar-refractivity contribution in [1.82, 2.24) is 0 Å². The van der Waals surface area contributed by atoms with Crippen LogP contribution in [0, 0.1) is 34.0 Å². The highest BCUT2D eigenvalue weighted by Crippen LogP contribution is 2.77. The molecule has 8 heteroatoms. The van der Waals surface area contributed by atoms with E-state index < -0.39 is 75.8 Å². The van der Waals surface area contributed by atoms with E-state index in [9.17, 15) is 24.6 Å². The Bertz CT molecular complexity index is 925. The Labute approximate surface area is 187 Å². The minimum atomic E-state index is -2.23. The van der Waals surface area contributed by atoms with Crippen molar-refractivity contribution in [3.8, 4) is 0 Å². The van der Waals surface area contributed by atoms with Gasteiger partial charge in [0.2, 0.25) is 5.79 Å². The van der Waals surface area contributed by atoms with Crippen molar-refractivity contribution in [1.29, 1.82) is 0 Å². The lowest BCUT2D eigenvalue weighted by Crippen LogP contribution is -2.86. The highest BCUT2D eigenvalue weighted by Gasteiger charge is 2.88. The van der Waals surface area contributed by atoms with E-state index >= 15 is 0 Å². The molecule has 9 atom stereocenters. The minimum Gasteiger partial charge on any atom is -0.462 e. The fraction of sp³-hybridized carbons (Fsp3) is 0.792. The third-order valence-electron chi connectivity index (χ3n) is 9.42. The Hall–Kier alpha value is -1.77. The second kappa shape index (κ2) is 6.42. The van der Waals surface area contributed by atoms with E-state index in [1.165, 1.54) is 13.8 Å². The van der Waals surface area contributed by atoms with Crippen molar-refractivity contribution >= 4 is 17.7 Å². The zero-order chi connectivity index (χ0) is 23.4. The zero-order valence-corrected chi connectivity index (χ0v) is 19.1. The molecular weight excluding hydrogens is 416 g/mol. The van der Waals surface area contributed by atoms with Crippen molar-refractivity contribution in [2.75, 3.05) is 6.61 Å². The molecule has 32 heavy (non-hydrogen) atoms. The van der Waals surface area contributed by atoms with Crippen LogP contribution < -0.4 is 0 Å². The molecule has 2 spiro atoms. The Kier molecular flexibility index (Phi) is 4.42. The number of aliphatic hydroxyl groups excluding tert-OH is 1. The van der Waals surface area contributed by atoms with Gasteiger partial charge in [-0.05, 0) is 42.6 Å². The van der Waals surface area contributed by atoms with Gasteiger partial charge in [0, 0.05) is 31.1 Å². The maximum atomic E-state index is 13.9. The fourth-order valence-electron chi connectivity index (χ4n) is 8.56. The maximum Gasteiger partial charge on any atom is 0.302 e. The predicted octanol–water partition coefficient (Wildman–Crippen LogP) is 1.52. The first-order valence-electron chi connectivity index (χ1n) is 11.5. The molecule has 4 aliphatic carbocycles. The third kappa shape index (κ3) is 2.21. The van der Waals surface area contributed by atoms with Gasteiger partial charge in [-0.1, -0.05) is 20.4 Å². The van der Waals surface area contributed by atoms with Gasteiger partial charge in [0.25, 0.3) is 0 Å². The number of rotatable bonds is 2. The van der Waals surface area contributed by atoms with E-state index in [4.69, 9.17) is 14.2 Å². The van der Waals surface area contributed by atoms with Crippen molar-refractivity contribution in [3.05, 3.63) is 12.2 Å². The number of hydrogen-bond acceptors (Lipinski definition) is 8. The Morgan fingerprint density at radius 2 is 1.78 bits per heavy atom. The number of carbonyl (C=O) groups excluding carboxylic acids is 3. The summed E-state index contributed by atoms with van der Waals surface area (Å²) in [5, 5.41) is 23.7. The summed E-state index contributed by atoms with van der Waals surface area (Å²) in [6.45, 7) is 10.7.